The number of aliphatic hydroxyl groups is 3. The molecule has 0 unspecified atom stereocenters. The average molecular weight is 513 g/mol. The molecule has 10 atom stereocenters. The fraction of sp³-hybridized carbons (Fsp3) is 0.850. The maximum atomic E-state index is 12.6. The molecule has 0 radical (unpaired) electrons. The molecule has 0 spiro atoms. The van der Waals surface area contributed by atoms with Crippen molar-refractivity contribution in [3.05, 3.63) is 0 Å². The van der Waals surface area contributed by atoms with E-state index in [4.69, 9.17) is 19.3 Å². The van der Waals surface area contributed by atoms with Gasteiger partial charge in [0.05, 0.1) is 18.8 Å². The number of hydrogen-bond donors (Lipinski definition) is 3. The number of halogens is 2. The van der Waals surface area contributed by atoms with Gasteiger partial charge in [-0.1, -0.05) is 37.4 Å². The summed E-state index contributed by atoms with van der Waals surface area (Å²) >= 11 is 2.44. The van der Waals surface area contributed by atoms with E-state index in [0.717, 1.165) is 11.8 Å². The van der Waals surface area contributed by atoms with Gasteiger partial charge in [0, 0.05) is 6.92 Å². The van der Waals surface area contributed by atoms with Gasteiger partial charge in [-0.3, -0.25) is 14.8 Å². The Labute approximate surface area is 199 Å². The molecule has 3 N–H and O–H groups in total. The Kier molecular flexibility index (Phi) is 9.52. The molecule has 0 amide bonds. The van der Waals surface area contributed by atoms with Crippen LogP contribution in [-0.2, 0) is 19.0 Å². The van der Waals surface area contributed by atoms with E-state index in [0.29, 0.717) is 11.0 Å². The fourth-order valence-corrected chi connectivity index (χ4v) is 6.27. The molecule has 0 aromatic rings. The summed E-state index contributed by atoms with van der Waals surface area (Å²) in [5, 5.41) is 28.9. The van der Waals surface area contributed by atoms with Gasteiger partial charge in [-0.25, -0.2) is 8.78 Å². The number of fused-ring (bicyclic) bond motifs is 2. The maximum absolute atomic E-state index is 12.6. The smallest absolute Gasteiger partial charge is 0.302 e. The Morgan fingerprint density at radius 1 is 0.970 bits per heavy atom. The van der Waals surface area contributed by atoms with Crippen molar-refractivity contribution in [2.45, 2.75) is 68.1 Å². The first-order valence-electron chi connectivity index (χ1n) is 10.7. The largest absolute Gasteiger partial charge is 0.463 e. The van der Waals surface area contributed by atoms with Crippen molar-refractivity contribution in [3.8, 4) is 0 Å². The number of rotatable bonds is 5. The van der Waals surface area contributed by atoms with Crippen LogP contribution in [0.5, 0.6) is 0 Å². The Hall–Kier alpha value is -0.830. The van der Waals surface area contributed by atoms with Crippen molar-refractivity contribution >= 4 is 39.6 Å². The summed E-state index contributed by atoms with van der Waals surface area (Å²) in [6, 6.07) is -0.622. The SMILES string of the molecule is CC(=O)OC[C@H]1O[C@@H]2SC(CF)=N[C@@H]2[C@@H](C)[C@@H]1C.OC[C@H]1O[C@@H]2SC(CF)=N[C@@H]2[C@@H](O)[C@@H]1O. The van der Waals surface area contributed by atoms with E-state index in [1.807, 2.05) is 0 Å². The van der Waals surface area contributed by atoms with Crippen LogP contribution in [0.15, 0.2) is 9.98 Å². The summed E-state index contributed by atoms with van der Waals surface area (Å²) in [5.74, 6) is 0.218. The van der Waals surface area contributed by atoms with E-state index in [9.17, 15) is 23.8 Å². The molecule has 13 heteroatoms. The van der Waals surface area contributed by atoms with E-state index < -0.39 is 43.1 Å². The first kappa shape index (κ1) is 26.8. The van der Waals surface area contributed by atoms with Gasteiger partial charge in [0.25, 0.3) is 0 Å². The molecule has 4 heterocycles. The number of ether oxygens (including phenoxy) is 3. The molecule has 2 fully saturated rings. The zero-order chi connectivity index (χ0) is 24.3. The van der Waals surface area contributed by atoms with Gasteiger partial charge in [-0.2, -0.15) is 0 Å². The highest BCUT2D eigenvalue weighted by Gasteiger charge is 2.48. The lowest BCUT2D eigenvalue weighted by Crippen LogP contribution is -2.55. The van der Waals surface area contributed by atoms with Crippen molar-refractivity contribution in [3.63, 3.8) is 0 Å². The Morgan fingerprint density at radius 2 is 1.52 bits per heavy atom. The van der Waals surface area contributed by atoms with Crippen LogP contribution in [-0.4, -0.2) is 105 Å². The lowest BCUT2D eigenvalue weighted by Gasteiger charge is -2.40. The molecule has 0 aromatic heterocycles. The molecule has 188 valence electrons. The van der Waals surface area contributed by atoms with Crippen molar-refractivity contribution in [1.82, 2.24) is 0 Å². The lowest BCUT2D eigenvalue weighted by atomic mass is 9.83. The third kappa shape index (κ3) is 6.06. The van der Waals surface area contributed by atoms with Crippen LogP contribution < -0.4 is 0 Å². The minimum absolute atomic E-state index is 0.0179. The van der Waals surface area contributed by atoms with E-state index in [1.54, 1.807) is 0 Å². The van der Waals surface area contributed by atoms with Crippen molar-refractivity contribution in [2.75, 3.05) is 26.6 Å². The van der Waals surface area contributed by atoms with Crippen molar-refractivity contribution in [2.24, 2.45) is 21.8 Å². The van der Waals surface area contributed by atoms with Crippen LogP contribution in [0.4, 0.5) is 8.78 Å². The Bertz CT molecular complexity index is 762. The second-order valence-electron chi connectivity index (χ2n) is 8.30. The monoisotopic (exact) mass is 512 g/mol. The summed E-state index contributed by atoms with van der Waals surface area (Å²) in [4.78, 5) is 19.1. The fourth-order valence-electron chi connectivity index (χ4n) is 4.04. The number of thioether (sulfide) groups is 2. The highest BCUT2D eigenvalue weighted by Crippen LogP contribution is 2.42. The maximum Gasteiger partial charge on any atom is 0.302 e. The highest BCUT2D eigenvalue weighted by molar-refractivity contribution is 8.15. The molecule has 0 aromatic carbocycles. The van der Waals surface area contributed by atoms with Crippen LogP contribution >= 0.6 is 23.5 Å². The molecule has 4 aliphatic rings. The third-order valence-electron chi connectivity index (χ3n) is 6.16. The van der Waals surface area contributed by atoms with Crippen LogP contribution in [0.1, 0.15) is 20.8 Å². The zero-order valence-electron chi connectivity index (χ0n) is 18.5. The van der Waals surface area contributed by atoms with Gasteiger partial charge < -0.3 is 29.5 Å². The molecule has 2 saturated heterocycles. The van der Waals surface area contributed by atoms with Crippen molar-refractivity contribution < 1.29 is 43.1 Å². The molecule has 0 aliphatic carbocycles. The predicted octanol–water partition coefficient (Wildman–Crippen LogP) is 0.939. The number of hydrogen-bond acceptors (Lipinski definition) is 11. The zero-order valence-corrected chi connectivity index (χ0v) is 20.2. The molecule has 4 aliphatic heterocycles. The number of aliphatic imine (C=N–C) groups is 2. The number of carbonyl (C=O) groups is 1. The summed E-state index contributed by atoms with van der Waals surface area (Å²) in [7, 11) is 0. The van der Waals surface area contributed by atoms with Crippen LogP contribution in [0.2, 0.25) is 0 Å². The first-order chi connectivity index (χ1) is 15.7. The topological polar surface area (TPSA) is 130 Å². The molecular weight excluding hydrogens is 482 g/mol. The van der Waals surface area contributed by atoms with Gasteiger partial charge in [0.1, 0.15) is 65.3 Å². The van der Waals surface area contributed by atoms with Crippen LogP contribution in [0, 0.1) is 11.8 Å². The van der Waals surface area contributed by atoms with Gasteiger partial charge in [-0.05, 0) is 11.8 Å². The number of esters is 1. The first-order valence-corrected chi connectivity index (χ1v) is 12.5. The standard InChI is InChI=1S/C12H18FNO3S.C8H12FNO4S/c1-6-7(2)11-12(18-10(4-13)14-11)17-9(6)5-16-8(3)15;9-1-4-10-5-7(13)6(12)3(2-11)14-8(5)15-4/h6-7,9,11-12H,4-5H2,1-3H3;3,5-8,11-13H,1-2H2/t6-,7-,9+,11+,12+;3-,5-,6-,7-,8-/m01/s1. The predicted molar refractivity (Wildman–Crippen MR) is 121 cm³/mol. The molecule has 33 heavy (non-hydrogen) atoms. The minimum atomic E-state index is -1.18. The Balaban J connectivity index is 0.000000189. The minimum Gasteiger partial charge on any atom is -0.463 e. The summed E-state index contributed by atoms with van der Waals surface area (Å²) in [6.45, 7) is 4.18. The number of carbonyl (C=O) groups excluding carboxylic acids is 1. The second-order valence-corrected chi connectivity index (χ2v) is 10.6. The molecule has 0 bridgehead atoms. The van der Waals surface area contributed by atoms with Gasteiger partial charge >= 0.3 is 5.97 Å². The van der Waals surface area contributed by atoms with Crippen LogP contribution in [0.3, 0.4) is 0 Å². The summed E-state index contributed by atoms with van der Waals surface area (Å²) in [6.07, 6.45) is -3.26. The number of nitrogens with zero attached hydrogens (tertiary/aromatic N) is 2. The molecule has 4 rings (SSSR count). The summed E-state index contributed by atoms with van der Waals surface area (Å²) in [5.41, 5.74) is -0.645. The normalized spacial score (nSPS) is 41.8. The quantitative estimate of drug-likeness (QED) is 0.461. The summed E-state index contributed by atoms with van der Waals surface area (Å²) < 4.78 is 41.2. The molecule has 0 saturated carbocycles. The van der Waals surface area contributed by atoms with Crippen LogP contribution in [0.25, 0.3) is 0 Å². The average Bonchev–Trinajstić information content (AvgIpc) is 3.42. The van der Waals surface area contributed by atoms with Gasteiger partial charge in [0.2, 0.25) is 0 Å². The second kappa shape index (κ2) is 11.7. The highest BCUT2D eigenvalue weighted by atomic mass is 32.2. The number of aliphatic hydroxyl groups excluding tert-OH is 3. The number of alkyl halides is 2. The van der Waals surface area contributed by atoms with E-state index >= 15 is 0 Å². The van der Waals surface area contributed by atoms with E-state index in [2.05, 4.69) is 23.8 Å². The van der Waals surface area contributed by atoms with E-state index in [-0.39, 0.29) is 47.7 Å². The lowest BCUT2D eigenvalue weighted by molar-refractivity contribution is -0.164. The van der Waals surface area contributed by atoms with E-state index in [1.165, 1.54) is 18.7 Å². The van der Waals surface area contributed by atoms with Gasteiger partial charge in [-0.15, -0.1) is 0 Å². The van der Waals surface area contributed by atoms with Crippen molar-refractivity contribution in [1.29, 1.82) is 0 Å². The molecule has 9 nitrogen and oxygen atoms in total. The molecular formula is C20H30F2N2O7S2. The Morgan fingerprint density at radius 3 is 2.06 bits per heavy atom. The van der Waals surface area contributed by atoms with Gasteiger partial charge in [0.15, 0.2) is 0 Å². The third-order valence-corrected chi connectivity index (χ3v) is 8.38.